The molecule has 0 aromatic heterocycles. The number of ether oxygens (including phenoxy) is 2. The van der Waals surface area contributed by atoms with Crippen LogP contribution in [-0.4, -0.2) is 67.2 Å². The summed E-state index contributed by atoms with van der Waals surface area (Å²) in [5, 5.41) is 7.41. The lowest BCUT2D eigenvalue weighted by molar-refractivity contribution is -0.146. The van der Waals surface area contributed by atoms with Gasteiger partial charge in [-0.15, -0.1) is 0 Å². The minimum absolute atomic E-state index is 0.0538. The molecule has 0 aliphatic rings. The Morgan fingerprint density at radius 3 is 2.24 bits per heavy atom. The summed E-state index contributed by atoms with van der Waals surface area (Å²) in [4.78, 5) is 53.1. The van der Waals surface area contributed by atoms with E-state index in [1.54, 1.807) is 20.8 Å². The third kappa shape index (κ3) is 9.36. The van der Waals surface area contributed by atoms with Crippen LogP contribution in [0.2, 0.25) is 0 Å². The summed E-state index contributed by atoms with van der Waals surface area (Å²) in [7, 11) is 2.77. The second-order valence-electron chi connectivity index (χ2n) is 10.7. The number of alkyl carbamates (subject to hydrolysis) is 1. The predicted molar refractivity (Wildman–Crippen MR) is 146 cm³/mol. The third-order valence-electron chi connectivity index (χ3n) is 5.93. The number of rotatable bonds is 11. The monoisotopic (exact) mass is 527 g/mol. The van der Waals surface area contributed by atoms with E-state index in [9.17, 15) is 19.2 Å². The number of fused-ring (bicyclic) bond motifs is 1. The Balaban J connectivity index is 2.45. The van der Waals surface area contributed by atoms with Gasteiger partial charge in [-0.05, 0) is 49.4 Å². The van der Waals surface area contributed by atoms with Crippen LogP contribution in [0.25, 0.3) is 10.8 Å². The van der Waals surface area contributed by atoms with Crippen LogP contribution in [-0.2, 0) is 30.3 Å². The number of amides is 3. The number of nitrogens with one attached hydrogen (secondary N) is 2. The molecule has 9 nitrogen and oxygen atoms in total. The molecular weight excluding hydrogens is 486 g/mol. The molecule has 0 radical (unpaired) electrons. The number of likely N-dealkylation sites (N-methyl/N-ethyl adjacent to an activating group) is 1. The lowest BCUT2D eigenvalue weighted by Gasteiger charge is -2.34. The van der Waals surface area contributed by atoms with E-state index in [0.29, 0.717) is 6.42 Å². The molecule has 0 bridgehead atoms. The Bertz CT molecular complexity index is 1120. The van der Waals surface area contributed by atoms with Gasteiger partial charge in [-0.1, -0.05) is 56.3 Å². The molecule has 0 saturated carbocycles. The summed E-state index contributed by atoms with van der Waals surface area (Å²) >= 11 is 0. The molecule has 0 saturated heterocycles. The summed E-state index contributed by atoms with van der Waals surface area (Å²) in [5.41, 5.74) is 0.106. The van der Waals surface area contributed by atoms with Crippen molar-refractivity contribution in [1.29, 1.82) is 0 Å². The molecule has 0 aliphatic carbocycles. The van der Waals surface area contributed by atoms with Gasteiger partial charge in [-0.2, -0.15) is 0 Å². The predicted octanol–water partition coefficient (Wildman–Crippen LogP) is 3.83. The van der Waals surface area contributed by atoms with Crippen LogP contribution in [0.4, 0.5) is 4.79 Å². The topological polar surface area (TPSA) is 114 Å². The van der Waals surface area contributed by atoms with Crippen molar-refractivity contribution in [2.75, 3.05) is 20.7 Å². The summed E-state index contributed by atoms with van der Waals surface area (Å²) in [6.45, 7) is 9.02. The van der Waals surface area contributed by atoms with Crippen LogP contribution in [0, 0.1) is 5.92 Å². The van der Waals surface area contributed by atoms with Crippen LogP contribution in [0.15, 0.2) is 42.5 Å². The highest BCUT2D eigenvalue weighted by Gasteiger charge is 2.35. The Labute approximate surface area is 225 Å². The van der Waals surface area contributed by atoms with E-state index in [-0.39, 0.29) is 31.2 Å². The smallest absolute Gasteiger partial charge is 0.408 e. The van der Waals surface area contributed by atoms with Crippen molar-refractivity contribution in [2.45, 2.75) is 71.6 Å². The normalized spacial score (nSPS) is 12.9. The first-order valence-electron chi connectivity index (χ1n) is 12.9. The Kier molecular flexibility index (Phi) is 11.1. The number of carbonyl (C=O) groups is 4. The largest absolute Gasteiger partial charge is 0.469 e. The van der Waals surface area contributed by atoms with Crippen LogP contribution >= 0.6 is 0 Å². The van der Waals surface area contributed by atoms with Crippen LogP contribution in [0.1, 0.15) is 53.0 Å². The van der Waals surface area contributed by atoms with Crippen LogP contribution in [0.3, 0.4) is 0 Å². The Morgan fingerprint density at radius 1 is 1.00 bits per heavy atom. The van der Waals surface area contributed by atoms with Crippen molar-refractivity contribution < 1.29 is 28.7 Å². The first-order chi connectivity index (χ1) is 17.8. The maximum absolute atomic E-state index is 14.0. The second kappa shape index (κ2) is 13.8. The average molecular weight is 528 g/mol. The minimum Gasteiger partial charge on any atom is -0.469 e. The summed E-state index contributed by atoms with van der Waals surface area (Å²) in [6.07, 6.45) is -0.286. The molecule has 0 aliphatic heterocycles. The molecule has 3 amide bonds. The fourth-order valence-corrected chi connectivity index (χ4v) is 4.18. The van der Waals surface area contributed by atoms with Crippen molar-refractivity contribution >= 4 is 34.6 Å². The van der Waals surface area contributed by atoms with Gasteiger partial charge in [0.1, 0.15) is 17.7 Å². The fourth-order valence-electron chi connectivity index (χ4n) is 4.18. The first kappa shape index (κ1) is 30.6. The van der Waals surface area contributed by atoms with Crippen LogP contribution in [0.5, 0.6) is 0 Å². The number of benzene rings is 2. The molecular formula is C29H41N3O6. The molecule has 2 aromatic carbocycles. The highest BCUT2D eigenvalue weighted by molar-refractivity contribution is 5.92. The summed E-state index contributed by atoms with van der Waals surface area (Å²) < 4.78 is 10.2. The molecule has 0 heterocycles. The second-order valence-corrected chi connectivity index (χ2v) is 10.7. The van der Waals surface area contributed by atoms with Gasteiger partial charge in [-0.25, -0.2) is 4.79 Å². The number of esters is 1. The molecule has 2 N–H and O–H groups in total. The zero-order valence-corrected chi connectivity index (χ0v) is 23.5. The van der Waals surface area contributed by atoms with E-state index in [1.165, 1.54) is 19.1 Å². The molecule has 0 unspecified atom stereocenters. The van der Waals surface area contributed by atoms with E-state index in [0.717, 1.165) is 16.3 Å². The molecule has 2 rings (SSSR count). The van der Waals surface area contributed by atoms with Crippen molar-refractivity contribution in [3.05, 3.63) is 48.0 Å². The zero-order chi connectivity index (χ0) is 28.5. The van der Waals surface area contributed by atoms with Crippen molar-refractivity contribution in [3.63, 3.8) is 0 Å². The molecule has 2 aromatic rings. The Morgan fingerprint density at radius 2 is 1.66 bits per heavy atom. The minimum atomic E-state index is -0.953. The standard InChI is InChI=1S/C29H41N3O6/c1-19(2)16-23(31-28(36)38-29(3,4)5)27(35)32(15-14-25(33)37-7)24(26(34)30-6)18-20-12-13-21-10-8-9-11-22(21)17-20/h8-13,17,19,23-24H,14-16,18H2,1-7H3,(H,30,34)(H,31,36)/t23-,24-/m0/s1. The lowest BCUT2D eigenvalue weighted by Crippen LogP contribution is -2.57. The maximum atomic E-state index is 14.0. The number of carbonyl (C=O) groups excluding carboxylic acids is 4. The lowest BCUT2D eigenvalue weighted by atomic mass is 9.97. The van der Waals surface area contributed by atoms with Crippen LogP contribution < -0.4 is 10.6 Å². The summed E-state index contributed by atoms with van der Waals surface area (Å²) in [5.74, 6) is -1.30. The fraction of sp³-hybridized carbons (Fsp3) is 0.517. The van der Waals surface area contributed by atoms with Crippen molar-refractivity contribution in [2.24, 2.45) is 5.92 Å². The van der Waals surface area contributed by atoms with Crippen molar-refractivity contribution in [3.8, 4) is 0 Å². The van der Waals surface area contributed by atoms with E-state index < -0.39 is 35.7 Å². The van der Waals surface area contributed by atoms with E-state index >= 15 is 0 Å². The van der Waals surface area contributed by atoms with E-state index in [4.69, 9.17) is 9.47 Å². The summed E-state index contributed by atoms with van der Waals surface area (Å²) in [6, 6.07) is 11.9. The van der Waals surface area contributed by atoms with Gasteiger partial charge in [-0.3, -0.25) is 14.4 Å². The van der Waals surface area contributed by atoms with Gasteiger partial charge in [0, 0.05) is 20.0 Å². The number of hydrogen-bond donors (Lipinski definition) is 2. The molecule has 208 valence electrons. The van der Waals surface area contributed by atoms with Gasteiger partial charge in [0.05, 0.1) is 13.5 Å². The Hall–Kier alpha value is -3.62. The van der Waals surface area contributed by atoms with Gasteiger partial charge in [0.2, 0.25) is 11.8 Å². The van der Waals surface area contributed by atoms with E-state index in [2.05, 4.69) is 10.6 Å². The quantitative estimate of drug-likeness (QED) is 0.430. The number of methoxy groups -OCH3 is 1. The van der Waals surface area contributed by atoms with Crippen molar-refractivity contribution in [1.82, 2.24) is 15.5 Å². The van der Waals surface area contributed by atoms with Gasteiger partial charge < -0.3 is 25.0 Å². The first-order valence-corrected chi connectivity index (χ1v) is 12.9. The maximum Gasteiger partial charge on any atom is 0.408 e. The highest BCUT2D eigenvalue weighted by atomic mass is 16.6. The number of hydrogen-bond acceptors (Lipinski definition) is 6. The highest BCUT2D eigenvalue weighted by Crippen LogP contribution is 2.20. The molecule has 2 atom stereocenters. The number of nitrogens with zero attached hydrogens (tertiary/aromatic N) is 1. The van der Waals surface area contributed by atoms with Gasteiger partial charge in [0.25, 0.3) is 0 Å². The zero-order valence-electron chi connectivity index (χ0n) is 23.5. The third-order valence-corrected chi connectivity index (χ3v) is 5.93. The molecule has 0 fully saturated rings. The molecule has 9 heteroatoms. The molecule has 38 heavy (non-hydrogen) atoms. The SMILES string of the molecule is CNC(=O)[C@H](Cc1ccc2ccccc2c1)N(CCC(=O)OC)C(=O)[C@H](CC(C)C)NC(=O)OC(C)(C)C. The molecule has 0 spiro atoms. The van der Waals surface area contributed by atoms with Gasteiger partial charge >= 0.3 is 12.1 Å². The van der Waals surface area contributed by atoms with Gasteiger partial charge in [0.15, 0.2) is 0 Å². The van der Waals surface area contributed by atoms with E-state index in [1.807, 2.05) is 56.3 Å². The average Bonchev–Trinajstić information content (AvgIpc) is 2.85.